The lowest BCUT2D eigenvalue weighted by atomic mass is 10.3. The molecule has 1 aromatic rings. The third-order valence-electron chi connectivity index (χ3n) is 1.72. The van der Waals surface area contributed by atoms with Gasteiger partial charge in [-0.1, -0.05) is 6.08 Å². The number of nitrogens with one attached hydrogen (secondary N) is 1. The molecule has 82 valence electrons. The van der Waals surface area contributed by atoms with E-state index in [0.29, 0.717) is 13.1 Å². The number of hydrogen-bond acceptors (Lipinski definition) is 2. The molecule has 1 rings (SSSR count). The standard InChI is InChI=1S/C11H13F2NO/c1-2-5-14-6-7-15-11-8-9(12)3-4-10(11)13/h2-4,8,14H,1,5-7H2. The van der Waals surface area contributed by atoms with Crippen molar-refractivity contribution in [3.05, 3.63) is 42.5 Å². The highest BCUT2D eigenvalue weighted by Gasteiger charge is 2.03. The SMILES string of the molecule is C=CCNCCOc1cc(F)ccc1F. The molecule has 0 bridgehead atoms. The highest BCUT2D eigenvalue weighted by atomic mass is 19.1. The molecule has 1 N–H and O–H groups in total. The van der Waals surface area contributed by atoms with Crippen LogP contribution in [0.25, 0.3) is 0 Å². The Labute approximate surface area is 87.6 Å². The van der Waals surface area contributed by atoms with Crippen molar-refractivity contribution in [2.45, 2.75) is 0 Å². The number of benzene rings is 1. The van der Waals surface area contributed by atoms with Gasteiger partial charge in [-0.25, -0.2) is 8.78 Å². The van der Waals surface area contributed by atoms with Crippen LogP contribution in [0.15, 0.2) is 30.9 Å². The fraction of sp³-hybridized carbons (Fsp3) is 0.273. The number of rotatable bonds is 6. The molecule has 4 heteroatoms. The molecule has 15 heavy (non-hydrogen) atoms. The van der Waals surface area contributed by atoms with Gasteiger partial charge in [0.05, 0.1) is 0 Å². The smallest absolute Gasteiger partial charge is 0.165 e. The van der Waals surface area contributed by atoms with Gasteiger partial charge in [0.2, 0.25) is 0 Å². The van der Waals surface area contributed by atoms with Crippen molar-refractivity contribution >= 4 is 0 Å². The topological polar surface area (TPSA) is 21.3 Å². The van der Waals surface area contributed by atoms with Crippen LogP contribution in [-0.2, 0) is 0 Å². The molecule has 2 nitrogen and oxygen atoms in total. The molecule has 0 aliphatic rings. The van der Waals surface area contributed by atoms with E-state index in [9.17, 15) is 8.78 Å². The van der Waals surface area contributed by atoms with E-state index < -0.39 is 11.6 Å². The van der Waals surface area contributed by atoms with Crippen LogP contribution in [0.3, 0.4) is 0 Å². The van der Waals surface area contributed by atoms with E-state index >= 15 is 0 Å². The molecule has 0 aliphatic heterocycles. The molecule has 0 heterocycles. The molecule has 0 saturated heterocycles. The van der Waals surface area contributed by atoms with Crippen molar-refractivity contribution in [3.63, 3.8) is 0 Å². The highest BCUT2D eigenvalue weighted by Crippen LogP contribution is 2.17. The maximum Gasteiger partial charge on any atom is 0.165 e. The Morgan fingerprint density at radius 2 is 2.20 bits per heavy atom. The molecule has 0 amide bonds. The summed E-state index contributed by atoms with van der Waals surface area (Å²) in [6.07, 6.45) is 1.71. The predicted molar refractivity (Wildman–Crippen MR) is 54.9 cm³/mol. The number of hydrogen-bond donors (Lipinski definition) is 1. The lowest BCUT2D eigenvalue weighted by Crippen LogP contribution is -2.21. The molecular weight excluding hydrogens is 200 g/mol. The van der Waals surface area contributed by atoms with Crippen LogP contribution in [-0.4, -0.2) is 19.7 Å². The Morgan fingerprint density at radius 3 is 2.93 bits per heavy atom. The Bertz CT molecular complexity index is 328. The van der Waals surface area contributed by atoms with Crippen molar-refractivity contribution in [3.8, 4) is 5.75 Å². The second kappa shape index (κ2) is 6.14. The summed E-state index contributed by atoms with van der Waals surface area (Å²) in [5.41, 5.74) is 0. The van der Waals surface area contributed by atoms with Gasteiger partial charge in [-0.2, -0.15) is 0 Å². The van der Waals surface area contributed by atoms with Crippen molar-refractivity contribution in [1.82, 2.24) is 5.32 Å². The maximum atomic E-state index is 13.0. The van der Waals surface area contributed by atoms with Crippen molar-refractivity contribution in [2.75, 3.05) is 19.7 Å². The first-order chi connectivity index (χ1) is 7.24. The number of ether oxygens (including phenoxy) is 1. The summed E-state index contributed by atoms with van der Waals surface area (Å²) in [7, 11) is 0. The molecular formula is C11H13F2NO. The Kier molecular flexibility index (Phi) is 4.77. The van der Waals surface area contributed by atoms with Crippen LogP contribution in [0.1, 0.15) is 0 Å². The molecule has 0 aliphatic carbocycles. The Morgan fingerprint density at radius 1 is 1.40 bits per heavy atom. The zero-order valence-electron chi connectivity index (χ0n) is 8.30. The largest absolute Gasteiger partial charge is 0.489 e. The van der Waals surface area contributed by atoms with Gasteiger partial charge in [0.25, 0.3) is 0 Å². The molecule has 0 radical (unpaired) electrons. The van der Waals surface area contributed by atoms with Gasteiger partial charge in [0.15, 0.2) is 11.6 Å². The lowest BCUT2D eigenvalue weighted by molar-refractivity contribution is 0.299. The van der Waals surface area contributed by atoms with E-state index in [1.807, 2.05) is 0 Å². The fourth-order valence-electron chi connectivity index (χ4n) is 1.03. The van der Waals surface area contributed by atoms with Gasteiger partial charge in [0, 0.05) is 19.2 Å². The predicted octanol–water partition coefficient (Wildman–Crippen LogP) is 2.12. The Hall–Kier alpha value is -1.42. The van der Waals surface area contributed by atoms with Gasteiger partial charge in [0.1, 0.15) is 12.4 Å². The van der Waals surface area contributed by atoms with E-state index in [1.165, 1.54) is 0 Å². The van der Waals surface area contributed by atoms with E-state index in [1.54, 1.807) is 6.08 Å². The van der Waals surface area contributed by atoms with E-state index in [4.69, 9.17) is 4.74 Å². The monoisotopic (exact) mass is 213 g/mol. The van der Waals surface area contributed by atoms with Crippen molar-refractivity contribution in [2.24, 2.45) is 0 Å². The zero-order chi connectivity index (χ0) is 11.1. The average Bonchev–Trinajstić information content (AvgIpc) is 2.23. The minimum Gasteiger partial charge on any atom is -0.489 e. The quantitative estimate of drug-likeness (QED) is 0.577. The fourth-order valence-corrected chi connectivity index (χ4v) is 1.03. The zero-order valence-corrected chi connectivity index (χ0v) is 8.30. The molecule has 0 atom stereocenters. The first-order valence-electron chi connectivity index (χ1n) is 4.63. The molecule has 0 spiro atoms. The molecule has 0 aromatic heterocycles. The van der Waals surface area contributed by atoms with E-state index in [2.05, 4.69) is 11.9 Å². The minimum atomic E-state index is -0.555. The van der Waals surface area contributed by atoms with E-state index in [-0.39, 0.29) is 12.4 Å². The second-order valence-corrected chi connectivity index (χ2v) is 2.92. The summed E-state index contributed by atoms with van der Waals surface area (Å²) in [6.45, 7) is 5.03. The van der Waals surface area contributed by atoms with Gasteiger partial charge in [-0.15, -0.1) is 6.58 Å². The van der Waals surface area contributed by atoms with Crippen LogP contribution < -0.4 is 10.1 Å². The minimum absolute atomic E-state index is 0.0598. The van der Waals surface area contributed by atoms with Gasteiger partial charge < -0.3 is 10.1 Å². The number of halogens is 2. The average molecular weight is 213 g/mol. The van der Waals surface area contributed by atoms with E-state index in [0.717, 1.165) is 18.2 Å². The molecule has 1 aromatic carbocycles. The Balaban J connectivity index is 2.36. The maximum absolute atomic E-state index is 13.0. The summed E-state index contributed by atoms with van der Waals surface area (Å²) >= 11 is 0. The first kappa shape index (κ1) is 11.7. The summed E-state index contributed by atoms with van der Waals surface area (Å²) in [5, 5.41) is 2.98. The van der Waals surface area contributed by atoms with Crippen LogP contribution in [0.5, 0.6) is 5.75 Å². The summed E-state index contributed by atoms with van der Waals surface area (Å²) in [4.78, 5) is 0. The van der Waals surface area contributed by atoms with Crippen molar-refractivity contribution < 1.29 is 13.5 Å². The summed E-state index contributed by atoms with van der Waals surface area (Å²) in [5.74, 6) is -1.12. The normalized spacial score (nSPS) is 10.0. The van der Waals surface area contributed by atoms with Crippen LogP contribution >= 0.6 is 0 Å². The molecule has 0 unspecified atom stereocenters. The van der Waals surface area contributed by atoms with Crippen LogP contribution in [0.4, 0.5) is 8.78 Å². The summed E-state index contributed by atoms with van der Waals surface area (Å²) < 4.78 is 30.8. The third-order valence-corrected chi connectivity index (χ3v) is 1.72. The van der Waals surface area contributed by atoms with Crippen LogP contribution in [0, 0.1) is 11.6 Å². The molecule has 0 fully saturated rings. The summed E-state index contributed by atoms with van der Waals surface area (Å²) in [6, 6.07) is 3.13. The first-order valence-corrected chi connectivity index (χ1v) is 4.63. The van der Waals surface area contributed by atoms with Crippen LogP contribution in [0.2, 0.25) is 0 Å². The highest BCUT2D eigenvalue weighted by molar-refractivity contribution is 5.24. The van der Waals surface area contributed by atoms with Gasteiger partial charge in [-0.3, -0.25) is 0 Å². The lowest BCUT2D eigenvalue weighted by Gasteiger charge is -2.07. The third kappa shape index (κ3) is 4.08. The van der Waals surface area contributed by atoms with Crippen molar-refractivity contribution in [1.29, 1.82) is 0 Å². The molecule has 0 saturated carbocycles. The van der Waals surface area contributed by atoms with Gasteiger partial charge >= 0.3 is 0 Å². The van der Waals surface area contributed by atoms with Gasteiger partial charge in [-0.05, 0) is 12.1 Å². The second-order valence-electron chi connectivity index (χ2n) is 2.92.